The first kappa shape index (κ1) is 15.2. The average Bonchev–Trinajstić information content (AvgIpc) is 2.26. The molecule has 0 spiro atoms. The van der Waals surface area contributed by atoms with Crippen molar-refractivity contribution in [3.05, 3.63) is 39.7 Å². The van der Waals surface area contributed by atoms with E-state index in [1.165, 1.54) is 0 Å². The first-order chi connectivity index (χ1) is 8.48. The van der Waals surface area contributed by atoms with Gasteiger partial charge in [0.1, 0.15) is 6.04 Å². The van der Waals surface area contributed by atoms with Gasteiger partial charge in [-0.25, -0.2) is 0 Å². The lowest BCUT2D eigenvalue weighted by Crippen LogP contribution is -2.45. The Labute approximate surface area is 102 Å². The number of hydrogen-bond donors (Lipinski definition) is 1. The highest BCUT2D eigenvalue weighted by Gasteiger charge is 2.61. The van der Waals surface area contributed by atoms with Crippen molar-refractivity contribution in [1.29, 1.82) is 0 Å². The number of alkyl halides is 5. The maximum atomic E-state index is 12.9. The van der Waals surface area contributed by atoms with Crippen LogP contribution in [0.5, 0.6) is 0 Å². The first-order valence-electron chi connectivity index (χ1n) is 4.62. The second kappa shape index (κ2) is 4.68. The van der Waals surface area contributed by atoms with Gasteiger partial charge < -0.3 is 5.73 Å². The number of nitro benzene ring substituents is 1. The van der Waals surface area contributed by atoms with Crippen LogP contribution in [-0.4, -0.2) is 17.0 Å². The van der Waals surface area contributed by atoms with Crippen molar-refractivity contribution >= 4 is 5.69 Å². The molecule has 0 unspecified atom stereocenters. The fourth-order valence-corrected chi connectivity index (χ4v) is 1.25. The van der Waals surface area contributed by atoms with Gasteiger partial charge in [-0.05, 0) is 11.6 Å². The highest BCUT2D eigenvalue weighted by atomic mass is 19.4. The zero-order valence-corrected chi connectivity index (χ0v) is 8.92. The summed E-state index contributed by atoms with van der Waals surface area (Å²) in [5, 5.41) is 10.4. The van der Waals surface area contributed by atoms with Crippen molar-refractivity contribution in [3.8, 4) is 0 Å². The predicted octanol–water partition coefficient (Wildman–Crippen LogP) is 2.93. The van der Waals surface area contributed by atoms with Crippen LogP contribution in [0.3, 0.4) is 0 Å². The number of hydrogen-bond acceptors (Lipinski definition) is 3. The molecule has 1 atom stereocenters. The van der Waals surface area contributed by atoms with E-state index in [0.29, 0.717) is 12.1 Å². The highest BCUT2D eigenvalue weighted by Crippen LogP contribution is 2.43. The number of halogens is 6. The molecule has 19 heavy (non-hydrogen) atoms. The molecule has 0 heterocycles. The molecule has 0 fully saturated rings. The fourth-order valence-electron chi connectivity index (χ4n) is 1.25. The summed E-state index contributed by atoms with van der Waals surface area (Å²) in [5.41, 5.74) is 2.64. The van der Waals surface area contributed by atoms with Crippen LogP contribution in [-0.2, 0) is 0 Å². The molecule has 106 valence electrons. The fraction of sp³-hybridized carbons (Fsp3) is 0.333. The molecule has 0 aliphatic carbocycles. The van der Waals surface area contributed by atoms with Crippen molar-refractivity contribution in [2.45, 2.75) is 18.1 Å². The van der Waals surface area contributed by atoms with Crippen LogP contribution in [0.1, 0.15) is 11.6 Å². The summed E-state index contributed by atoms with van der Waals surface area (Å²) in [4.78, 5) is 9.11. The van der Waals surface area contributed by atoms with E-state index in [-0.39, 0.29) is 6.07 Å². The lowest BCUT2D eigenvalue weighted by Gasteiger charge is -2.25. The Morgan fingerprint density at radius 1 is 1.21 bits per heavy atom. The summed E-state index contributed by atoms with van der Waals surface area (Å²) >= 11 is 0. The molecule has 4 nitrogen and oxygen atoms in total. The molecule has 0 saturated carbocycles. The van der Waals surface area contributed by atoms with Crippen LogP contribution in [0.2, 0.25) is 0 Å². The van der Waals surface area contributed by atoms with E-state index in [4.69, 9.17) is 5.73 Å². The predicted molar refractivity (Wildman–Crippen MR) is 51.0 cm³/mol. The maximum Gasteiger partial charge on any atom is 0.455 e. The van der Waals surface area contributed by atoms with E-state index < -0.39 is 40.1 Å². The van der Waals surface area contributed by atoms with Gasteiger partial charge in [-0.15, -0.1) is 0 Å². The van der Waals surface area contributed by atoms with E-state index >= 15 is 0 Å². The molecular formula is C9H6F6N2O2. The molecule has 0 amide bonds. The van der Waals surface area contributed by atoms with Gasteiger partial charge in [0.2, 0.25) is 5.82 Å². The summed E-state index contributed by atoms with van der Waals surface area (Å²) in [6.07, 6.45) is -5.92. The Balaban J connectivity index is 3.25. The van der Waals surface area contributed by atoms with E-state index in [2.05, 4.69) is 0 Å². The average molecular weight is 288 g/mol. The number of nitro groups is 1. The summed E-state index contributed by atoms with van der Waals surface area (Å²) in [6, 6.07) is -1.68. The molecular weight excluding hydrogens is 282 g/mol. The Morgan fingerprint density at radius 2 is 1.74 bits per heavy atom. The molecule has 1 aromatic carbocycles. The lowest BCUT2D eigenvalue weighted by atomic mass is 10.0. The van der Waals surface area contributed by atoms with E-state index in [0.717, 1.165) is 0 Å². The van der Waals surface area contributed by atoms with Crippen LogP contribution >= 0.6 is 0 Å². The molecule has 0 radical (unpaired) electrons. The van der Waals surface area contributed by atoms with Crippen LogP contribution in [0, 0.1) is 15.9 Å². The normalized spacial score (nSPS) is 14.3. The summed E-state index contributed by atoms with van der Waals surface area (Å²) in [5.74, 6) is -6.66. The summed E-state index contributed by atoms with van der Waals surface area (Å²) in [6.45, 7) is 0. The van der Waals surface area contributed by atoms with E-state index in [1.807, 2.05) is 0 Å². The van der Waals surface area contributed by atoms with Gasteiger partial charge in [-0.3, -0.25) is 10.1 Å². The summed E-state index contributed by atoms with van der Waals surface area (Å²) in [7, 11) is 0. The zero-order valence-electron chi connectivity index (χ0n) is 8.92. The molecule has 1 aromatic rings. The van der Waals surface area contributed by atoms with Gasteiger partial charge in [0, 0.05) is 6.07 Å². The Kier molecular flexibility index (Phi) is 3.75. The lowest BCUT2D eigenvalue weighted by molar-refractivity contribution is -0.387. The third kappa shape index (κ3) is 2.78. The smallest absolute Gasteiger partial charge is 0.319 e. The van der Waals surface area contributed by atoms with Gasteiger partial charge in [0.15, 0.2) is 0 Å². The van der Waals surface area contributed by atoms with Crippen LogP contribution in [0.4, 0.5) is 32.0 Å². The monoisotopic (exact) mass is 288 g/mol. The van der Waals surface area contributed by atoms with Gasteiger partial charge in [0.05, 0.1) is 4.92 Å². The van der Waals surface area contributed by atoms with Crippen LogP contribution in [0.25, 0.3) is 0 Å². The summed E-state index contributed by atoms with van der Waals surface area (Å²) < 4.78 is 75.0. The van der Waals surface area contributed by atoms with Crippen molar-refractivity contribution in [3.63, 3.8) is 0 Å². The minimum atomic E-state index is -5.92. The van der Waals surface area contributed by atoms with Crippen LogP contribution in [0.15, 0.2) is 18.2 Å². The molecule has 0 bridgehead atoms. The highest BCUT2D eigenvalue weighted by molar-refractivity contribution is 5.38. The molecule has 0 aromatic heterocycles. The van der Waals surface area contributed by atoms with Gasteiger partial charge >= 0.3 is 17.8 Å². The molecule has 10 heteroatoms. The van der Waals surface area contributed by atoms with Crippen molar-refractivity contribution in [2.75, 3.05) is 0 Å². The quantitative estimate of drug-likeness (QED) is 0.528. The van der Waals surface area contributed by atoms with Gasteiger partial charge in [0.25, 0.3) is 0 Å². The Bertz CT molecular complexity index is 502. The molecule has 0 aliphatic heterocycles. The van der Waals surface area contributed by atoms with Crippen molar-refractivity contribution in [2.24, 2.45) is 5.73 Å². The van der Waals surface area contributed by atoms with Crippen molar-refractivity contribution < 1.29 is 31.3 Å². The minimum absolute atomic E-state index is 0.250. The standard InChI is InChI=1S/C9H6F6N2O2/c10-5-2-1-4(3-6(5)17(18)19)7(16)8(11,12)9(13,14)15/h1-3,7H,16H2/t7-/m0/s1. The maximum absolute atomic E-state index is 12.9. The Hall–Kier alpha value is -1.84. The minimum Gasteiger partial charge on any atom is -0.319 e. The second-order valence-corrected chi connectivity index (χ2v) is 3.57. The largest absolute Gasteiger partial charge is 0.455 e. The second-order valence-electron chi connectivity index (χ2n) is 3.57. The van der Waals surface area contributed by atoms with E-state index in [9.17, 15) is 36.5 Å². The van der Waals surface area contributed by atoms with E-state index in [1.54, 1.807) is 0 Å². The third-order valence-electron chi connectivity index (χ3n) is 2.29. The third-order valence-corrected chi connectivity index (χ3v) is 2.29. The molecule has 1 rings (SSSR count). The zero-order chi connectivity index (χ0) is 15.0. The number of benzene rings is 1. The molecule has 2 N–H and O–H groups in total. The molecule has 0 saturated heterocycles. The number of nitrogens with two attached hydrogens (primary N) is 1. The van der Waals surface area contributed by atoms with Gasteiger partial charge in [-0.2, -0.15) is 26.3 Å². The molecule has 0 aliphatic rings. The SMILES string of the molecule is N[C@@H](c1ccc(F)c([N+](=O)[O-])c1)C(F)(F)C(F)(F)F. The van der Waals surface area contributed by atoms with Crippen LogP contribution < -0.4 is 5.73 Å². The van der Waals surface area contributed by atoms with Gasteiger partial charge in [-0.1, -0.05) is 6.07 Å². The number of rotatable bonds is 3. The Morgan fingerprint density at radius 3 is 2.16 bits per heavy atom. The first-order valence-corrected chi connectivity index (χ1v) is 4.62. The van der Waals surface area contributed by atoms with Crippen molar-refractivity contribution in [1.82, 2.24) is 0 Å². The topological polar surface area (TPSA) is 69.2 Å². The number of nitrogens with zero attached hydrogens (tertiary/aromatic N) is 1.